The zero-order valence-electron chi connectivity index (χ0n) is 7.08. The molecule has 6 heteroatoms. The van der Waals surface area contributed by atoms with Crippen molar-refractivity contribution in [2.75, 3.05) is 0 Å². The van der Waals surface area contributed by atoms with E-state index in [9.17, 15) is 12.8 Å². The summed E-state index contributed by atoms with van der Waals surface area (Å²) >= 11 is 0. The molecule has 1 aromatic carbocycles. The molecule has 1 rings (SSSR count). The van der Waals surface area contributed by atoms with Crippen molar-refractivity contribution in [3.63, 3.8) is 0 Å². The molecular formula is C8H5ClFNO2S. The second-order valence-corrected chi connectivity index (χ2v) is 5.22. The van der Waals surface area contributed by atoms with Crippen molar-refractivity contribution in [1.82, 2.24) is 0 Å². The third-order valence-electron chi connectivity index (χ3n) is 1.63. The fourth-order valence-corrected chi connectivity index (χ4v) is 1.80. The molecule has 0 saturated carbocycles. The van der Waals surface area contributed by atoms with E-state index in [0.29, 0.717) is 0 Å². The first-order chi connectivity index (χ1) is 6.36. The molecule has 0 fully saturated rings. The normalized spacial score (nSPS) is 11.0. The summed E-state index contributed by atoms with van der Waals surface area (Å²) in [5.41, 5.74) is -0.257. The van der Waals surface area contributed by atoms with E-state index >= 15 is 0 Å². The van der Waals surface area contributed by atoms with Crippen molar-refractivity contribution in [3.05, 3.63) is 29.1 Å². The number of rotatable bonds is 1. The molecule has 0 N–H and O–H groups in total. The Bertz CT molecular complexity index is 519. The Balaban J connectivity index is 3.56. The SMILES string of the molecule is Cc1cc(S(=O)(=O)Cl)cc(C#N)c1F. The highest BCUT2D eigenvalue weighted by Crippen LogP contribution is 2.21. The van der Waals surface area contributed by atoms with Crippen molar-refractivity contribution >= 4 is 19.7 Å². The number of hydrogen-bond acceptors (Lipinski definition) is 3. The van der Waals surface area contributed by atoms with Gasteiger partial charge in [-0.1, -0.05) is 0 Å². The highest BCUT2D eigenvalue weighted by molar-refractivity contribution is 8.13. The average molecular weight is 234 g/mol. The Kier molecular flexibility index (Phi) is 2.79. The number of halogens is 2. The molecule has 0 bridgehead atoms. The molecule has 14 heavy (non-hydrogen) atoms. The molecule has 0 aliphatic carbocycles. The van der Waals surface area contributed by atoms with Gasteiger partial charge in [0.15, 0.2) is 0 Å². The van der Waals surface area contributed by atoms with Gasteiger partial charge in [-0.2, -0.15) is 5.26 Å². The number of benzene rings is 1. The topological polar surface area (TPSA) is 57.9 Å². The summed E-state index contributed by atoms with van der Waals surface area (Å²) in [6, 6.07) is 3.54. The van der Waals surface area contributed by atoms with E-state index in [1.807, 2.05) is 0 Å². The van der Waals surface area contributed by atoms with Gasteiger partial charge in [0.05, 0.1) is 10.5 Å². The summed E-state index contributed by atoms with van der Waals surface area (Å²) < 4.78 is 34.9. The van der Waals surface area contributed by atoms with Crippen molar-refractivity contribution in [2.24, 2.45) is 0 Å². The van der Waals surface area contributed by atoms with E-state index in [2.05, 4.69) is 0 Å². The van der Waals surface area contributed by atoms with Crippen LogP contribution in [0.1, 0.15) is 11.1 Å². The number of nitriles is 1. The number of aryl methyl sites for hydroxylation is 1. The van der Waals surface area contributed by atoms with Crippen LogP contribution in [-0.2, 0) is 9.05 Å². The van der Waals surface area contributed by atoms with Crippen molar-refractivity contribution in [2.45, 2.75) is 11.8 Å². The number of hydrogen-bond donors (Lipinski definition) is 0. The van der Waals surface area contributed by atoms with Crippen LogP contribution >= 0.6 is 10.7 Å². The van der Waals surface area contributed by atoms with Crippen LogP contribution in [0, 0.1) is 24.1 Å². The van der Waals surface area contributed by atoms with Crippen LogP contribution in [0.5, 0.6) is 0 Å². The van der Waals surface area contributed by atoms with E-state index in [0.717, 1.165) is 12.1 Å². The first-order valence-corrected chi connectivity index (χ1v) is 5.82. The predicted molar refractivity (Wildman–Crippen MR) is 48.9 cm³/mol. The summed E-state index contributed by atoms with van der Waals surface area (Å²) in [6.07, 6.45) is 0. The molecule has 0 aliphatic rings. The lowest BCUT2D eigenvalue weighted by Gasteiger charge is -2.01. The molecule has 0 radical (unpaired) electrons. The fraction of sp³-hybridized carbons (Fsp3) is 0.125. The number of nitrogens with zero attached hydrogens (tertiary/aromatic N) is 1. The van der Waals surface area contributed by atoms with Crippen LogP contribution in [0.3, 0.4) is 0 Å². The second-order valence-electron chi connectivity index (χ2n) is 2.65. The molecule has 0 saturated heterocycles. The summed E-state index contributed by atoms with van der Waals surface area (Å²) in [5.74, 6) is -0.725. The Morgan fingerprint density at radius 2 is 2.07 bits per heavy atom. The van der Waals surface area contributed by atoms with Gasteiger partial charge in [0.1, 0.15) is 11.9 Å². The van der Waals surface area contributed by atoms with Gasteiger partial charge in [-0.15, -0.1) is 0 Å². The Morgan fingerprint density at radius 3 is 2.50 bits per heavy atom. The van der Waals surface area contributed by atoms with Gasteiger partial charge >= 0.3 is 0 Å². The maximum Gasteiger partial charge on any atom is 0.261 e. The minimum Gasteiger partial charge on any atom is -0.207 e. The largest absolute Gasteiger partial charge is 0.261 e. The van der Waals surface area contributed by atoms with Crippen LogP contribution in [0.2, 0.25) is 0 Å². The van der Waals surface area contributed by atoms with Crippen LogP contribution in [0.25, 0.3) is 0 Å². The lowest BCUT2D eigenvalue weighted by atomic mass is 10.1. The highest BCUT2D eigenvalue weighted by Gasteiger charge is 2.15. The van der Waals surface area contributed by atoms with E-state index in [1.54, 1.807) is 6.07 Å². The lowest BCUT2D eigenvalue weighted by molar-refractivity contribution is 0.603. The van der Waals surface area contributed by atoms with Crippen molar-refractivity contribution in [3.8, 4) is 6.07 Å². The smallest absolute Gasteiger partial charge is 0.207 e. The Hall–Kier alpha value is -1.12. The van der Waals surface area contributed by atoms with Crippen LogP contribution < -0.4 is 0 Å². The van der Waals surface area contributed by atoms with E-state index < -0.39 is 14.9 Å². The van der Waals surface area contributed by atoms with Crippen LogP contribution in [0.4, 0.5) is 4.39 Å². The summed E-state index contributed by atoms with van der Waals surface area (Å²) in [4.78, 5) is -0.269. The zero-order valence-corrected chi connectivity index (χ0v) is 8.66. The van der Waals surface area contributed by atoms with E-state index in [4.69, 9.17) is 15.9 Å². The molecule has 0 aromatic heterocycles. The van der Waals surface area contributed by atoms with Gasteiger partial charge in [0.25, 0.3) is 9.05 Å². The maximum atomic E-state index is 13.1. The molecule has 74 valence electrons. The molecule has 0 atom stereocenters. The maximum absolute atomic E-state index is 13.1. The van der Waals surface area contributed by atoms with Crippen molar-refractivity contribution < 1.29 is 12.8 Å². The lowest BCUT2D eigenvalue weighted by Crippen LogP contribution is -1.96. The Labute approximate surface area is 85.2 Å². The minimum atomic E-state index is -3.92. The van der Waals surface area contributed by atoms with Crippen molar-refractivity contribution in [1.29, 1.82) is 5.26 Å². The first kappa shape index (κ1) is 11.0. The zero-order chi connectivity index (χ0) is 10.9. The molecule has 0 spiro atoms. The summed E-state index contributed by atoms with van der Waals surface area (Å²) in [6.45, 7) is 1.36. The molecule has 0 heterocycles. The van der Waals surface area contributed by atoms with Gasteiger partial charge in [0.2, 0.25) is 0 Å². The second kappa shape index (κ2) is 3.56. The molecule has 3 nitrogen and oxygen atoms in total. The molecule has 0 aliphatic heterocycles. The van der Waals surface area contributed by atoms with E-state index in [1.165, 1.54) is 6.92 Å². The third kappa shape index (κ3) is 2.03. The summed E-state index contributed by atoms with van der Waals surface area (Å²) in [7, 11) is 1.13. The third-order valence-corrected chi connectivity index (χ3v) is 2.96. The van der Waals surface area contributed by atoms with Gasteiger partial charge in [-0.3, -0.25) is 0 Å². The van der Waals surface area contributed by atoms with Crippen LogP contribution in [-0.4, -0.2) is 8.42 Å². The van der Waals surface area contributed by atoms with Gasteiger partial charge in [-0.05, 0) is 24.6 Å². The summed E-state index contributed by atoms with van der Waals surface area (Å²) in [5, 5.41) is 8.51. The van der Waals surface area contributed by atoms with Crippen LogP contribution in [0.15, 0.2) is 17.0 Å². The quantitative estimate of drug-likeness (QED) is 0.697. The predicted octanol–water partition coefficient (Wildman–Crippen LogP) is 1.93. The molecule has 1 aromatic rings. The van der Waals surface area contributed by atoms with E-state index in [-0.39, 0.29) is 16.0 Å². The van der Waals surface area contributed by atoms with Gasteiger partial charge < -0.3 is 0 Å². The Morgan fingerprint density at radius 1 is 1.50 bits per heavy atom. The van der Waals surface area contributed by atoms with Gasteiger partial charge in [0, 0.05) is 10.7 Å². The average Bonchev–Trinajstić information content (AvgIpc) is 2.07. The molecule has 0 unspecified atom stereocenters. The first-order valence-electron chi connectivity index (χ1n) is 3.51. The molecular weight excluding hydrogens is 229 g/mol. The standard InChI is InChI=1S/C8H5ClFNO2S/c1-5-2-7(14(9,12)13)3-6(4-11)8(5)10/h2-3H,1H3. The fourth-order valence-electron chi connectivity index (χ4n) is 0.959. The van der Waals surface area contributed by atoms with Gasteiger partial charge in [-0.25, -0.2) is 12.8 Å². The minimum absolute atomic E-state index is 0.0725. The molecule has 0 amide bonds. The highest BCUT2D eigenvalue weighted by atomic mass is 35.7. The monoisotopic (exact) mass is 233 g/mol.